The van der Waals surface area contributed by atoms with Crippen LogP contribution in [0.1, 0.15) is 26.3 Å². The lowest BCUT2D eigenvalue weighted by Crippen LogP contribution is -2.12. The number of hydrogen-bond acceptors (Lipinski definition) is 5. The first kappa shape index (κ1) is 16.8. The molecule has 3 rings (SSSR count). The third-order valence-electron chi connectivity index (χ3n) is 3.57. The Kier molecular flexibility index (Phi) is 4.37. The van der Waals surface area contributed by atoms with Crippen LogP contribution in [0.5, 0.6) is 5.75 Å². The molecule has 8 heteroatoms. The maximum Gasteiger partial charge on any atom is 0.335 e. The van der Waals surface area contributed by atoms with Gasteiger partial charge in [0.15, 0.2) is 16.7 Å². The van der Waals surface area contributed by atoms with Crippen LogP contribution in [-0.2, 0) is 0 Å². The van der Waals surface area contributed by atoms with Gasteiger partial charge in [-0.05, 0) is 42.8 Å². The molecule has 0 bridgehead atoms. The van der Waals surface area contributed by atoms with E-state index in [0.717, 1.165) is 17.4 Å². The normalized spacial score (nSPS) is 10.7. The van der Waals surface area contributed by atoms with Crippen LogP contribution in [0.4, 0.5) is 9.52 Å². The number of rotatable bonds is 4. The first-order chi connectivity index (χ1) is 11.9. The number of aromatic nitrogens is 1. The van der Waals surface area contributed by atoms with Crippen LogP contribution in [0, 0.1) is 12.7 Å². The summed E-state index contributed by atoms with van der Waals surface area (Å²) in [5.74, 6) is -2.14. The molecule has 3 aromatic rings. The summed E-state index contributed by atoms with van der Waals surface area (Å²) in [7, 11) is 1.34. The molecular weight excluding hydrogens is 347 g/mol. The topological polar surface area (TPSA) is 88.5 Å². The molecule has 2 N–H and O–H groups in total. The molecule has 0 aliphatic rings. The predicted molar refractivity (Wildman–Crippen MR) is 92.2 cm³/mol. The van der Waals surface area contributed by atoms with E-state index in [2.05, 4.69) is 10.3 Å². The number of carbonyl (C=O) groups is 2. The van der Waals surface area contributed by atoms with Gasteiger partial charge in [-0.2, -0.15) is 0 Å². The van der Waals surface area contributed by atoms with E-state index in [1.54, 1.807) is 6.92 Å². The van der Waals surface area contributed by atoms with Gasteiger partial charge >= 0.3 is 5.97 Å². The number of amides is 1. The Morgan fingerprint density at radius 1 is 1.24 bits per heavy atom. The van der Waals surface area contributed by atoms with Crippen molar-refractivity contribution in [2.75, 3.05) is 12.4 Å². The van der Waals surface area contributed by atoms with Crippen molar-refractivity contribution in [2.24, 2.45) is 0 Å². The number of nitrogens with one attached hydrogen (secondary N) is 1. The van der Waals surface area contributed by atoms with Crippen LogP contribution in [-0.4, -0.2) is 29.1 Å². The van der Waals surface area contributed by atoms with E-state index in [9.17, 15) is 14.0 Å². The molecule has 0 radical (unpaired) electrons. The fraction of sp³-hybridized carbons (Fsp3) is 0.118. The number of anilines is 1. The van der Waals surface area contributed by atoms with Crippen LogP contribution < -0.4 is 10.1 Å². The minimum absolute atomic E-state index is 0.0494. The summed E-state index contributed by atoms with van der Waals surface area (Å²) in [4.78, 5) is 27.7. The number of aromatic carboxylic acids is 1. The molecule has 0 aliphatic carbocycles. The SMILES string of the molecule is COc1ccc(C(=O)Nc2nc3c(C)cc(C(=O)O)cc3s2)cc1F. The second-order valence-electron chi connectivity index (χ2n) is 5.27. The highest BCUT2D eigenvalue weighted by Crippen LogP contribution is 2.30. The molecule has 0 saturated carbocycles. The number of nitrogens with zero attached hydrogens (tertiary/aromatic N) is 1. The molecule has 2 aromatic carbocycles. The van der Waals surface area contributed by atoms with Crippen molar-refractivity contribution >= 4 is 38.6 Å². The molecular formula is C17H13FN2O4S. The average molecular weight is 360 g/mol. The van der Waals surface area contributed by atoms with Gasteiger partial charge in [0.1, 0.15) is 0 Å². The van der Waals surface area contributed by atoms with Crippen LogP contribution in [0.15, 0.2) is 30.3 Å². The lowest BCUT2D eigenvalue weighted by atomic mass is 10.1. The number of hydrogen-bond donors (Lipinski definition) is 2. The van der Waals surface area contributed by atoms with Gasteiger partial charge < -0.3 is 9.84 Å². The maximum absolute atomic E-state index is 13.7. The van der Waals surface area contributed by atoms with E-state index in [4.69, 9.17) is 9.84 Å². The Morgan fingerprint density at radius 3 is 2.64 bits per heavy atom. The number of fused-ring (bicyclic) bond motifs is 1. The summed E-state index contributed by atoms with van der Waals surface area (Å²) < 4.78 is 19.2. The molecule has 0 fully saturated rings. The molecule has 0 spiro atoms. The highest BCUT2D eigenvalue weighted by atomic mass is 32.1. The smallest absolute Gasteiger partial charge is 0.335 e. The van der Waals surface area contributed by atoms with E-state index in [-0.39, 0.29) is 16.9 Å². The van der Waals surface area contributed by atoms with Crippen molar-refractivity contribution in [3.8, 4) is 5.75 Å². The van der Waals surface area contributed by atoms with Gasteiger partial charge in [0.25, 0.3) is 5.91 Å². The van der Waals surface area contributed by atoms with Crippen LogP contribution in [0.2, 0.25) is 0 Å². The molecule has 128 valence electrons. The first-order valence-electron chi connectivity index (χ1n) is 7.18. The monoisotopic (exact) mass is 360 g/mol. The second-order valence-corrected chi connectivity index (χ2v) is 6.30. The Hall–Kier alpha value is -3.00. The molecule has 0 aliphatic heterocycles. The molecule has 0 atom stereocenters. The number of carboxylic acids is 1. The number of carbonyl (C=O) groups excluding carboxylic acids is 1. The number of carboxylic acid groups (broad SMARTS) is 1. The molecule has 0 unspecified atom stereocenters. The van der Waals surface area contributed by atoms with Gasteiger partial charge in [0, 0.05) is 5.56 Å². The minimum atomic E-state index is -1.03. The summed E-state index contributed by atoms with van der Waals surface area (Å²) in [5.41, 5.74) is 1.60. The van der Waals surface area contributed by atoms with Crippen molar-refractivity contribution in [3.63, 3.8) is 0 Å². The molecule has 1 heterocycles. The van der Waals surface area contributed by atoms with Gasteiger partial charge in [-0.25, -0.2) is 14.2 Å². The van der Waals surface area contributed by atoms with Gasteiger partial charge in [0.2, 0.25) is 0 Å². The van der Waals surface area contributed by atoms with Crippen molar-refractivity contribution in [3.05, 3.63) is 52.8 Å². The van der Waals surface area contributed by atoms with Crippen LogP contribution in [0.3, 0.4) is 0 Å². The zero-order valence-corrected chi connectivity index (χ0v) is 14.1. The molecule has 6 nitrogen and oxygen atoms in total. The quantitative estimate of drug-likeness (QED) is 0.740. The van der Waals surface area contributed by atoms with Crippen molar-refractivity contribution in [1.29, 1.82) is 0 Å². The predicted octanol–water partition coefficient (Wildman–Crippen LogP) is 3.70. The number of benzene rings is 2. The number of thiazole rings is 1. The van der Waals surface area contributed by atoms with E-state index in [0.29, 0.717) is 20.9 Å². The second kappa shape index (κ2) is 6.48. The highest BCUT2D eigenvalue weighted by Gasteiger charge is 2.15. The zero-order valence-electron chi connectivity index (χ0n) is 13.3. The molecule has 25 heavy (non-hydrogen) atoms. The maximum atomic E-state index is 13.7. The molecule has 1 aromatic heterocycles. The van der Waals surface area contributed by atoms with E-state index in [1.807, 2.05) is 0 Å². The van der Waals surface area contributed by atoms with E-state index >= 15 is 0 Å². The third kappa shape index (κ3) is 3.29. The Bertz CT molecular complexity index is 1000. The Balaban J connectivity index is 1.90. The first-order valence-corrected chi connectivity index (χ1v) is 8.00. The largest absolute Gasteiger partial charge is 0.494 e. The standard InChI is InChI=1S/C17H13FN2O4S/c1-8-5-10(16(22)23)7-13-14(8)19-17(25-13)20-15(21)9-3-4-12(24-2)11(18)6-9/h3-7H,1-2H3,(H,22,23)(H,19,20,21). The Labute approximate surface area is 145 Å². The summed E-state index contributed by atoms with van der Waals surface area (Å²) in [5, 5.41) is 12.0. The number of methoxy groups -OCH3 is 1. The summed E-state index contributed by atoms with van der Waals surface area (Å²) in [6.07, 6.45) is 0. The minimum Gasteiger partial charge on any atom is -0.494 e. The van der Waals surface area contributed by atoms with Gasteiger partial charge in [-0.3, -0.25) is 10.1 Å². The van der Waals surface area contributed by atoms with E-state index < -0.39 is 17.7 Å². The van der Waals surface area contributed by atoms with Gasteiger partial charge in [-0.1, -0.05) is 11.3 Å². The van der Waals surface area contributed by atoms with E-state index in [1.165, 1.54) is 31.4 Å². The number of aryl methyl sites for hydroxylation is 1. The van der Waals surface area contributed by atoms with Crippen molar-refractivity contribution in [1.82, 2.24) is 4.98 Å². The van der Waals surface area contributed by atoms with Gasteiger partial charge in [-0.15, -0.1) is 0 Å². The molecule has 1 amide bonds. The Morgan fingerprint density at radius 2 is 2.00 bits per heavy atom. The van der Waals surface area contributed by atoms with Crippen LogP contribution in [0.25, 0.3) is 10.2 Å². The lowest BCUT2D eigenvalue weighted by molar-refractivity contribution is 0.0696. The number of halogens is 1. The number of ether oxygens (including phenoxy) is 1. The highest BCUT2D eigenvalue weighted by molar-refractivity contribution is 7.22. The summed E-state index contributed by atoms with van der Waals surface area (Å²) in [6.45, 7) is 1.75. The summed E-state index contributed by atoms with van der Waals surface area (Å²) >= 11 is 1.15. The fourth-order valence-electron chi connectivity index (χ4n) is 2.35. The van der Waals surface area contributed by atoms with Crippen molar-refractivity contribution in [2.45, 2.75) is 6.92 Å². The third-order valence-corrected chi connectivity index (χ3v) is 4.48. The fourth-order valence-corrected chi connectivity index (χ4v) is 3.33. The average Bonchev–Trinajstić information content (AvgIpc) is 2.97. The van der Waals surface area contributed by atoms with Crippen LogP contribution >= 0.6 is 11.3 Å². The van der Waals surface area contributed by atoms with Gasteiger partial charge in [0.05, 0.1) is 22.9 Å². The molecule has 0 saturated heterocycles. The summed E-state index contributed by atoms with van der Waals surface area (Å²) in [6, 6.07) is 6.92. The zero-order chi connectivity index (χ0) is 18.1. The van der Waals surface area contributed by atoms with Crippen molar-refractivity contribution < 1.29 is 23.8 Å². The lowest BCUT2D eigenvalue weighted by Gasteiger charge is -2.04.